The van der Waals surface area contributed by atoms with Gasteiger partial charge < -0.3 is 10.6 Å². The van der Waals surface area contributed by atoms with Crippen LogP contribution in [0.15, 0.2) is 24.3 Å². The van der Waals surface area contributed by atoms with Crippen LogP contribution in [0.2, 0.25) is 0 Å². The third-order valence-corrected chi connectivity index (χ3v) is 3.52. The number of aryl methyl sites for hydroxylation is 1. The minimum Gasteiger partial charge on any atom is -0.352 e. The van der Waals surface area contributed by atoms with E-state index in [1.54, 1.807) is 6.07 Å². The zero-order valence-electron chi connectivity index (χ0n) is 14.1. The molecule has 0 bridgehead atoms. The van der Waals surface area contributed by atoms with Gasteiger partial charge in [0.15, 0.2) is 0 Å². The molecule has 0 radical (unpaired) electrons. The second-order valence-corrected chi connectivity index (χ2v) is 6.35. The first-order valence-electron chi connectivity index (χ1n) is 8.02. The molecule has 2 amide bonds. The van der Waals surface area contributed by atoms with E-state index < -0.39 is 0 Å². The first-order valence-corrected chi connectivity index (χ1v) is 8.02. The summed E-state index contributed by atoms with van der Waals surface area (Å²) >= 11 is 0. The predicted molar refractivity (Wildman–Crippen MR) is 89.8 cm³/mol. The maximum absolute atomic E-state index is 11.9. The summed E-state index contributed by atoms with van der Waals surface area (Å²) in [6.07, 6.45) is 3.24. The number of nitrogens with one attached hydrogen (secondary N) is 2. The maximum Gasteiger partial charge on any atom is 0.251 e. The third kappa shape index (κ3) is 7.25. The van der Waals surface area contributed by atoms with Gasteiger partial charge >= 0.3 is 0 Å². The van der Waals surface area contributed by atoms with Crippen LogP contribution in [0.4, 0.5) is 0 Å². The van der Waals surface area contributed by atoms with Crippen molar-refractivity contribution in [2.24, 2.45) is 5.92 Å². The highest BCUT2D eigenvalue weighted by Gasteiger charge is 2.10. The van der Waals surface area contributed by atoms with Crippen molar-refractivity contribution in [1.29, 1.82) is 0 Å². The summed E-state index contributed by atoms with van der Waals surface area (Å²) in [6.45, 7) is 8.35. The van der Waals surface area contributed by atoms with E-state index in [9.17, 15) is 9.59 Å². The molecule has 122 valence electrons. The van der Waals surface area contributed by atoms with E-state index in [-0.39, 0.29) is 24.4 Å². The summed E-state index contributed by atoms with van der Waals surface area (Å²) in [4.78, 5) is 23.8. The van der Waals surface area contributed by atoms with Crippen molar-refractivity contribution in [3.05, 3.63) is 35.4 Å². The van der Waals surface area contributed by atoms with Gasteiger partial charge in [-0.2, -0.15) is 0 Å². The fourth-order valence-electron chi connectivity index (χ4n) is 2.28. The molecule has 4 heteroatoms. The van der Waals surface area contributed by atoms with Crippen LogP contribution < -0.4 is 10.6 Å². The average molecular weight is 304 g/mol. The van der Waals surface area contributed by atoms with E-state index in [1.165, 1.54) is 6.42 Å². The van der Waals surface area contributed by atoms with Crippen molar-refractivity contribution in [1.82, 2.24) is 10.6 Å². The minimum absolute atomic E-state index is 0.0152. The Kier molecular flexibility index (Phi) is 7.64. The number of carbonyl (C=O) groups excluding carboxylic acids is 2. The fraction of sp³-hybridized carbons (Fsp3) is 0.556. The Morgan fingerprint density at radius 3 is 2.50 bits per heavy atom. The largest absolute Gasteiger partial charge is 0.352 e. The molecule has 0 aliphatic carbocycles. The first kappa shape index (κ1) is 18.2. The van der Waals surface area contributed by atoms with Crippen LogP contribution in [-0.2, 0) is 4.79 Å². The summed E-state index contributed by atoms with van der Waals surface area (Å²) in [5.41, 5.74) is 1.61. The number of amides is 2. The molecule has 1 aromatic carbocycles. The average Bonchev–Trinajstić information content (AvgIpc) is 2.44. The molecule has 22 heavy (non-hydrogen) atoms. The van der Waals surface area contributed by atoms with Gasteiger partial charge in [0.2, 0.25) is 5.91 Å². The summed E-state index contributed by atoms with van der Waals surface area (Å²) in [5, 5.41) is 5.57. The van der Waals surface area contributed by atoms with Crippen molar-refractivity contribution in [2.75, 3.05) is 6.54 Å². The Labute approximate surface area is 133 Å². The van der Waals surface area contributed by atoms with Gasteiger partial charge in [0.1, 0.15) is 0 Å². The molecule has 4 nitrogen and oxygen atoms in total. The molecule has 0 saturated carbocycles. The van der Waals surface area contributed by atoms with E-state index >= 15 is 0 Å². The number of hydrogen-bond acceptors (Lipinski definition) is 2. The van der Waals surface area contributed by atoms with Crippen LogP contribution in [0.5, 0.6) is 0 Å². The maximum atomic E-state index is 11.9. The van der Waals surface area contributed by atoms with Crippen molar-refractivity contribution in [3.8, 4) is 0 Å². The Balaban J connectivity index is 2.29. The second kappa shape index (κ2) is 9.23. The van der Waals surface area contributed by atoms with Crippen molar-refractivity contribution >= 4 is 11.8 Å². The Morgan fingerprint density at radius 1 is 1.14 bits per heavy atom. The van der Waals surface area contributed by atoms with Gasteiger partial charge in [-0.25, -0.2) is 0 Å². The topological polar surface area (TPSA) is 58.2 Å². The van der Waals surface area contributed by atoms with Crippen molar-refractivity contribution in [3.63, 3.8) is 0 Å². The van der Waals surface area contributed by atoms with E-state index in [0.717, 1.165) is 18.4 Å². The number of rotatable bonds is 8. The SMILES string of the molecule is Cc1cccc(C(=O)NCC(=O)NC(C)CCCC(C)C)c1. The van der Waals surface area contributed by atoms with Gasteiger partial charge in [-0.05, 0) is 38.3 Å². The summed E-state index contributed by atoms with van der Waals surface area (Å²) in [5.74, 6) is 0.334. The van der Waals surface area contributed by atoms with Crippen LogP contribution in [-0.4, -0.2) is 24.4 Å². The van der Waals surface area contributed by atoms with Gasteiger partial charge in [-0.1, -0.05) is 44.4 Å². The Bertz CT molecular complexity index is 498. The molecule has 1 aromatic rings. The van der Waals surface area contributed by atoms with Crippen LogP contribution in [0.25, 0.3) is 0 Å². The molecule has 0 saturated heterocycles. The van der Waals surface area contributed by atoms with Gasteiger partial charge in [0.25, 0.3) is 5.91 Å². The monoisotopic (exact) mass is 304 g/mol. The zero-order valence-corrected chi connectivity index (χ0v) is 14.1. The van der Waals surface area contributed by atoms with E-state index in [4.69, 9.17) is 0 Å². The van der Waals surface area contributed by atoms with Crippen molar-refractivity contribution < 1.29 is 9.59 Å². The van der Waals surface area contributed by atoms with E-state index in [0.29, 0.717) is 11.5 Å². The lowest BCUT2D eigenvalue weighted by molar-refractivity contribution is -0.120. The smallest absolute Gasteiger partial charge is 0.251 e. The molecule has 0 aliphatic heterocycles. The lowest BCUT2D eigenvalue weighted by Gasteiger charge is -2.15. The van der Waals surface area contributed by atoms with E-state index in [2.05, 4.69) is 24.5 Å². The van der Waals surface area contributed by atoms with Gasteiger partial charge in [0.05, 0.1) is 6.54 Å². The molecular weight excluding hydrogens is 276 g/mol. The van der Waals surface area contributed by atoms with Crippen LogP contribution >= 0.6 is 0 Å². The van der Waals surface area contributed by atoms with Crippen molar-refractivity contribution in [2.45, 2.75) is 53.0 Å². The quantitative estimate of drug-likeness (QED) is 0.775. The highest BCUT2D eigenvalue weighted by atomic mass is 16.2. The summed E-state index contributed by atoms with van der Waals surface area (Å²) in [7, 11) is 0. The molecule has 0 fully saturated rings. The predicted octanol–water partition coefficient (Wildman–Crippen LogP) is 3.06. The molecule has 0 aliphatic rings. The standard InChI is InChI=1S/C18H28N2O2/c1-13(2)7-5-9-15(4)20-17(21)12-19-18(22)16-10-6-8-14(3)11-16/h6,8,10-11,13,15H,5,7,9,12H2,1-4H3,(H,19,22)(H,20,21). The van der Waals surface area contributed by atoms with Crippen LogP contribution in [0, 0.1) is 12.8 Å². The lowest BCUT2D eigenvalue weighted by atomic mass is 10.0. The van der Waals surface area contributed by atoms with Gasteiger partial charge in [-0.15, -0.1) is 0 Å². The molecule has 1 atom stereocenters. The molecular formula is C18H28N2O2. The number of hydrogen-bond donors (Lipinski definition) is 2. The normalized spacial score (nSPS) is 12.0. The number of benzene rings is 1. The highest BCUT2D eigenvalue weighted by molar-refractivity contribution is 5.96. The van der Waals surface area contributed by atoms with Crippen LogP contribution in [0.1, 0.15) is 56.0 Å². The molecule has 2 N–H and O–H groups in total. The van der Waals surface area contributed by atoms with Gasteiger partial charge in [-0.3, -0.25) is 9.59 Å². The van der Waals surface area contributed by atoms with Gasteiger partial charge in [0, 0.05) is 11.6 Å². The first-order chi connectivity index (χ1) is 10.4. The summed E-state index contributed by atoms with van der Waals surface area (Å²) < 4.78 is 0. The van der Waals surface area contributed by atoms with Crippen LogP contribution in [0.3, 0.4) is 0 Å². The Morgan fingerprint density at radius 2 is 1.86 bits per heavy atom. The molecule has 1 rings (SSSR count). The highest BCUT2D eigenvalue weighted by Crippen LogP contribution is 2.08. The number of carbonyl (C=O) groups is 2. The molecule has 0 heterocycles. The van der Waals surface area contributed by atoms with E-state index in [1.807, 2.05) is 32.0 Å². The Hall–Kier alpha value is -1.84. The molecule has 1 unspecified atom stereocenters. The lowest BCUT2D eigenvalue weighted by Crippen LogP contribution is -2.40. The molecule has 0 aromatic heterocycles. The molecule has 0 spiro atoms. The third-order valence-electron chi connectivity index (χ3n) is 3.52. The fourth-order valence-corrected chi connectivity index (χ4v) is 2.28. The second-order valence-electron chi connectivity index (χ2n) is 6.35. The summed E-state index contributed by atoms with van der Waals surface area (Å²) in [6, 6.07) is 7.46. The zero-order chi connectivity index (χ0) is 16.5. The minimum atomic E-state index is -0.216.